The predicted octanol–water partition coefficient (Wildman–Crippen LogP) is 1.38. The van der Waals surface area contributed by atoms with E-state index in [9.17, 15) is 9.18 Å². The molecule has 6 heteroatoms. The summed E-state index contributed by atoms with van der Waals surface area (Å²) in [6, 6.07) is 5.65. The highest BCUT2D eigenvalue weighted by molar-refractivity contribution is 6.07. The number of halogens is 1. The molecule has 5 nitrogen and oxygen atoms in total. The van der Waals surface area contributed by atoms with Crippen molar-refractivity contribution in [2.45, 2.75) is 0 Å². The summed E-state index contributed by atoms with van der Waals surface area (Å²) in [6.45, 7) is 0. The van der Waals surface area contributed by atoms with E-state index < -0.39 is 11.7 Å². The second-order valence-electron chi connectivity index (χ2n) is 3.13. The number of para-hydroxylation sites is 1. The van der Waals surface area contributed by atoms with Gasteiger partial charge < -0.3 is 11.1 Å². The Morgan fingerprint density at radius 3 is 2.94 bits per heavy atom. The molecule has 0 fully saturated rings. The van der Waals surface area contributed by atoms with Gasteiger partial charge in [-0.25, -0.2) is 4.39 Å². The first-order chi connectivity index (χ1) is 7.68. The summed E-state index contributed by atoms with van der Waals surface area (Å²) in [5.41, 5.74) is 5.38. The van der Waals surface area contributed by atoms with Crippen molar-refractivity contribution >= 4 is 17.4 Å². The lowest BCUT2D eigenvalue weighted by Gasteiger charge is -2.05. The molecule has 16 heavy (non-hydrogen) atoms. The van der Waals surface area contributed by atoms with Gasteiger partial charge in [-0.3, -0.25) is 9.89 Å². The highest BCUT2D eigenvalue weighted by atomic mass is 19.1. The van der Waals surface area contributed by atoms with Crippen LogP contribution in [-0.4, -0.2) is 16.1 Å². The maximum atomic E-state index is 13.1. The number of nitrogen functional groups attached to an aromatic ring is 1. The number of nitrogens with zero attached hydrogens (tertiary/aromatic N) is 1. The first-order valence-corrected chi connectivity index (χ1v) is 4.53. The van der Waals surface area contributed by atoms with Gasteiger partial charge in [-0.1, -0.05) is 6.07 Å². The van der Waals surface area contributed by atoms with E-state index in [1.165, 1.54) is 24.4 Å². The van der Waals surface area contributed by atoms with Crippen LogP contribution in [0.4, 0.5) is 15.9 Å². The lowest BCUT2D eigenvalue weighted by Crippen LogP contribution is -2.15. The monoisotopic (exact) mass is 220 g/mol. The fourth-order valence-electron chi connectivity index (χ4n) is 1.25. The highest BCUT2D eigenvalue weighted by Gasteiger charge is 2.12. The smallest absolute Gasteiger partial charge is 0.259 e. The lowest BCUT2D eigenvalue weighted by molar-refractivity contribution is 0.102. The van der Waals surface area contributed by atoms with Gasteiger partial charge in [-0.2, -0.15) is 5.10 Å². The van der Waals surface area contributed by atoms with Gasteiger partial charge in [-0.05, 0) is 12.1 Å². The Bertz CT molecular complexity index is 510. The molecule has 4 N–H and O–H groups in total. The van der Waals surface area contributed by atoms with Gasteiger partial charge in [0.1, 0.15) is 11.6 Å². The normalized spacial score (nSPS) is 10.1. The van der Waals surface area contributed by atoms with Crippen molar-refractivity contribution in [2.75, 3.05) is 11.1 Å². The molecular weight excluding hydrogens is 211 g/mol. The Morgan fingerprint density at radius 2 is 2.25 bits per heavy atom. The minimum absolute atomic E-state index is 0.0922. The van der Waals surface area contributed by atoms with E-state index in [1.807, 2.05) is 0 Å². The van der Waals surface area contributed by atoms with Crippen LogP contribution in [0.15, 0.2) is 30.5 Å². The number of H-pyrrole nitrogens is 1. The summed E-state index contributed by atoms with van der Waals surface area (Å²) in [5, 5.41) is 8.72. The van der Waals surface area contributed by atoms with Crippen molar-refractivity contribution in [1.29, 1.82) is 0 Å². The molecule has 0 saturated heterocycles. The number of hydrogen-bond donors (Lipinski definition) is 3. The number of amides is 1. The van der Waals surface area contributed by atoms with Crippen LogP contribution >= 0.6 is 0 Å². The molecule has 0 bridgehead atoms. The number of carbonyl (C=O) groups is 1. The third kappa shape index (κ3) is 1.85. The molecule has 2 rings (SSSR count). The van der Waals surface area contributed by atoms with Gasteiger partial charge >= 0.3 is 0 Å². The fraction of sp³-hybridized carbons (Fsp3) is 0. The van der Waals surface area contributed by atoms with Crippen LogP contribution in [0.1, 0.15) is 10.4 Å². The number of benzene rings is 1. The number of nitrogens with two attached hydrogens (primary N) is 1. The third-order valence-corrected chi connectivity index (χ3v) is 2.05. The summed E-state index contributed by atoms with van der Waals surface area (Å²) < 4.78 is 13.1. The van der Waals surface area contributed by atoms with Crippen molar-refractivity contribution in [3.63, 3.8) is 0 Å². The zero-order chi connectivity index (χ0) is 11.5. The average molecular weight is 220 g/mol. The molecule has 0 radical (unpaired) electrons. The molecule has 0 spiro atoms. The van der Waals surface area contributed by atoms with Crippen LogP contribution in [0, 0.1) is 5.82 Å². The van der Waals surface area contributed by atoms with Crippen molar-refractivity contribution in [3.05, 3.63) is 41.8 Å². The molecule has 82 valence electrons. The second kappa shape index (κ2) is 4.01. The number of aromatic amines is 1. The Kier molecular flexibility index (Phi) is 2.55. The van der Waals surface area contributed by atoms with E-state index in [-0.39, 0.29) is 11.3 Å². The first-order valence-electron chi connectivity index (χ1n) is 4.53. The van der Waals surface area contributed by atoms with Crippen molar-refractivity contribution in [1.82, 2.24) is 10.2 Å². The number of rotatable bonds is 2. The van der Waals surface area contributed by atoms with E-state index in [1.54, 1.807) is 6.07 Å². The molecule has 0 unspecified atom stereocenters. The van der Waals surface area contributed by atoms with Crippen molar-refractivity contribution < 1.29 is 9.18 Å². The fourth-order valence-corrected chi connectivity index (χ4v) is 1.25. The SMILES string of the molecule is Nc1c(F)cccc1C(=O)Nc1ccn[nH]1. The van der Waals surface area contributed by atoms with Crippen LogP contribution in [0.25, 0.3) is 0 Å². The number of anilines is 2. The molecule has 0 saturated carbocycles. The van der Waals surface area contributed by atoms with Gasteiger partial charge in [-0.15, -0.1) is 0 Å². The molecule has 0 aliphatic rings. The van der Waals surface area contributed by atoms with Crippen LogP contribution in [-0.2, 0) is 0 Å². The van der Waals surface area contributed by atoms with Gasteiger partial charge in [0, 0.05) is 6.07 Å². The number of aromatic nitrogens is 2. The van der Waals surface area contributed by atoms with E-state index in [0.29, 0.717) is 5.82 Å². The summed E-state index contributed by atoms with van der Waals surface area (Å²) >= 11 is 0. The van der Waals surface area contributed by atoms with E-state index in [0.717, 1.165) is 0 Å². The largest absolute Gasteiger partial charge is 0.396 e. The zero-order valence-electron chi connectivity index (χ0n) is 8.20. The van der Waals surface area contributed by atoms with Crippen LogP contribution < -0.4 is 11.1 Å². The highest BCUT2D eigenvalue weighted by Crippen LogP contribution is 2.16. The topological polar surface area (TPSA) is 83.8 Å². The molecular formula is C10H9FN4O. The van der Waals surface area contributed by atoms with Gasteiger partial charge in [0.2, 0.25) is 0 Å². The molecule has 1 aromatic carbocycles. The maximum absolute atomic E-state index is 13.1. The Balaban J connectivity index is 2.24. The van der Waals surface area contributed by atoms with Crippen molar-refractivity contribution in [3.8, 4) is 0 Å². The third-order valence-electron chi connectivity index (χ3n) is 2.05. The number of hydrogen-bond acceptors (Lipinski definition) is 3. The van der Waals surface area contributed by atoms with Gasteiger partial charge in [0.25, 0.3) is 5.91 Å². The summed E-state index contributed by atoms with van der Waals surface area (Å²) in [6.07, 6.45) is 1.49. The number of nitrogens with one attached hydrogen (secondary N) is 2. The van der Waals surface area contributed by atoms with E-state index >= 15 is 0 Å². The molecule has 1 amide bonds. The summed E-state index contributed by atoms with van der Waals surface area (Å²) in [7, 11) is 0. The second-order valence-corrected chi connectivity index (χ2v) is 3.13. The first kappa shape index (κ1) is 10.2. The quantitative estimate of drug-likeness (QED) is 0.668. The molecule has 0 aliphatic carbocycles. The molecule has 2 aromatic rings. The summed E-state index contributed by atoms with van der Waals surface area (Å²) in [4.78, 5) is 11.7. The van der Waals surface area contributed by atoms with Crippen LogP contribution in [0.2, 0.25) is 0 Å². The van der Waals surface area contributed by atoms with Gasteiger partial charge in [0.15, 0.2) is 0 Å². The molecule has 1 aromatic heterocycles. The Labute approximate surface area is 90.5 Å². The summed E-state index contributed by atoms with van der Waals surface area (Å²) in [5.74, 6) is -0.674. The number of carbonyl (C=O) groups excluding carboxylic acids is 1. The zero-order valence-corrected chi connectivity index (χ0v) is 8.20. The van der Waals surface area contributed by atoms with Crippen LogP contribution in [0.5, 0.6) is 0 Å². The van der Waals surface area contributed by atoms with Gasteiger partial charge in [0.05, 0.1) is 17.4 Å². The van der Waals surface area contributed by atoms with Crippen molar-refractivity contribution in [2.24, 2.45) is 0 Å². The minimum Gasteiger partial charge on any atom is -0.396 e. The Morgan fingerprint density at radius 1 is 1.44 bits per heavy atom. The Hall–Kier alpha value is -2.37. The van der Waals surface area contributed by atoms with E-state index in [2.05, 4.69) is 15.5 Å². The molecule has 0 aliphatic heterocycles. The predicted molar refractivity (Wildman–Crippen MR) is 57.4 cm³/mol. The molecule has 1 heterocycles. The van der Waals surface area contributed by atoms with Crippen LogP contribution in [0.3, 0.4) is 0 Å². The lowest BCUT2D eigenvalue weighted by atomic mass is 10.1. The standard InChI is InChI=1S/C10H9FN4O/c11-7-3-1-2-6(9(7)12)10(16)14-8-4-5-13-15-8/h1-5H,12H2,(H2,13,14,15,16). The van der Waals surface area contributed by atoms with E-state index in [4.69, 9.17) is 5.73 Å². The molecule has 0 atom stereocenters. The minimum atomic E-state index is -0.614. The maximum Gasteiger partial charge on any atom is 0.259 e. The average Bonchev–Trinajstić information content (AvgIpc) is 2.74.